The van der Waals surface area contributed by atoms with Crippen LogP contribution in [0.4, 0.5) is 0 Å². The molecule has 4 rings (SSSR count). The average molecular weight is 381 g/mol. The Morgan fingerprint density at radius 1 is 1.22 bits per heavy atom. The van der Waals surface area contributed by atoms with Crippen LogP contribution in [-0.4, -0.2) is 23.2 Å². The quantitative estimate of drug-likeness (QED) is 0.744. The van der Waals surface area contributed by atoms with Gasteiger partial charge in [0.15, 0.2) is 0 Å². The van der Waals surface area contributed by atoms with E-state index in [0.717, 1.165) is 29.7 Å². The number of aryl methyl sites for hydroxylation is 1. The zero-order valence-electron chi connectivity index (χ0n) is 15.3. The Bertz CT molecular complexity index is 879. The predicted octanol–water partition coefficient (Wildman–Crippen LogP) is 3.94. The van der Waals surface area contributed by atoms with E-state index in [1.54, 1.807) is 11.8 Å². The number of benzene rings is 2. The maximum atomic E-state index is 13.0. The van der Waals surface area contributed by atoms with Crippen molar-refractivity contribution in [3.8, 4) is 0 Å². The Kier molecular flexibility index (Phi) is 4.72. The van der Waals surface area contributed by atoms with E-state index in [2.05, 4.69) is 23.5 Å². The van der Waals surface area contributed by atoms with Gasteiger partial charge in [-0.05, 0) is 54.3 Å². The van der Waals surface area contributed by atoms with Crippen molar-refractivity contribution in [1.82, 2.24) is 5.32 Å². The van der Waals surface area contributed by atoms with E-state index in [-0.39, 0.29) is 23.7 Å². The summed E-state index contributed by atoms with van der Waals surface area (Å²) in [6, 6.07) is 15.6. The number of carboxylic acids is 1. The number of amides is 1. The van der Waals surface area contributed by atoms with Gasteiger partial charge in [0.25, 0.3) is 0 Å². The van der Waals surface area contributed by atoms with Gasteiger partial charge >= 0.3 is 5.97 Å². The van der Waals surface area contributed by atoms with Crippen molar-refractivity contribution in [1.29, 1.82) is 0 Å². The van der Waals surface area contributed by atoms with Gasteiger partial charge in [0.05, 0.1) is 12.5 Å². The Labute approximate surface area is 163 Å². The summed E-state index contributed by atoms with van der Waals surface area (Å²) in [4.78, 5) is 25.4. The van der Waals surface area contributed by atoms with Crippen LogP contribution in [0.25, 0.3) is 0 Å². The summed E-state index contributed by atoms with van der Waals surface area (Å²) in [5, 5.41) is 12.3. The van der Waals surface area contributed by atoms with E-state index in [1.807, 2.05) is 36.6 Å². The van der Waals surface area contributed by atoms with Crippen molar-refractivity contribution in [2.24, 2.45) is 5.92 Å². The molecule has 2 aromatic rings. The maximum Gasteiger partial charge on any atom is 0.305 e. The van der Waals surface area contributed by atoms with Crippen LogP contribution in [0, 0.1) is 5.92 Å². The zero-order valence-corrected chi connectivity index (χ0v) is 16.1. The first-order valence-corrected chi connectivity index (χ1v) is 10.5. The molecule has 3 atom stereocenters. The topological polar surface area (TPSA) is 66.4 Å². The van der Waals surface area contributed by atoms with Gasteiger partial charge in [-0.2, -0.15) is 0 Å². The fourth-order valence-electron chi connectivity index (χ4n) is 4.47. The molecule has 2 aliphatic rings. The number of carboxylic acid groups (broad SMARTS) is 1. The molecule has 2 aromatic carbocycles. The minimum atomic E-state index is -0.911. The molecule has 2 N–H and O–H groups in total. The standard InChI is InChI=1S/C22H23NO3S/c1-27-16-8-6-15(7-9-16)19(12-20(24)25)23-21(26)18-13-22(18)11-10-14-4-2-3-5-17(14)22/h2-9,18-19H,10-13H2,1H3,(H,23,26)(H,24,25). The molecule has 140 valence electrons. The highest BCUT2D eigenvalue weighted by Crippen LogP contribution is 2.61. The number of rotatable bonds is 6. The van der Waals surface area contributed by atoms with Crippen LogP contribution in [0.1, 0.15) is 42.0 Å². The number of carbonyl (C=O) groups is 2. The van der Waals surface area contributed by atoms with Crippen molar-refractivity contribution < 1.29 is 14.7 Å². The molecule has 3 unspecified atom stereocenters. The lowest BCUT2D eigenvalue weighted by atomic mass is 9.95. The molecule has 0 heterocycles. The number of aliphatic carboxylic acids is 1. The molecule has 1 fully saturated rings. The highest BCUT2D eigenvalue weighted by Gasteiger charge is 2.61. The number of carbonyl (C=O) groups excluding carboxylic acids is 1. The van der Waals surface area contributed by atoms with Crippen LogP contribution < -0.4 is 5.32 Å². The second kappa shape index (κ2) is 7.04. The molecule has 0 radical (unpaired) electrons. The van der Waals surface area contributed by atoms with Gasteiger partial charge in [0, 0.05) is 16.2 Å². The summed E-state index contributed by atoms with van der Waals surface area (Å²) < 4.78 is 0. The molecule has 1 amide bonds. The normalized spacial score (nSPS) is 23.7. The van der Waals surface area contributed by atoms with Crippen LogP contribution in [-0.2, 0) is 21.4 Å². The lowest BCUT2D eigenvalue weighted by Gasteiger charge is -2.19. The first-order chi connectivity index (χ1) is 13.0. The van der Waals surface area contributed by atoms with E-state index in [4.69, 9.17) is 0 Å². The molecule has 4 nitrogen and oxygen atoms in total. The maximum absolute atomic E-state index is 13.0. The molecule has 2 aliphatic carbocycles. The van der Waals surface area contributed by atoms with Gasteiger partial charge in [0.1, 0.15) is 0 Å². The fourth-order valence-corrected chi connectivity index (χ4v) is 4.88. The zero-order chi connectivity index (χ0) is 19.0. The smallest absolute Gasteiger partial charge is 0.305 e. The monoisotopic (exact) mass is 381 g/mol. The second-order valence-corrected chi connectivity index (χ2v) is 8.38. The molecular formula is C22H23NO3S. The first-order valence-electron chi connectivity index (χ1n) is 9.28. The molecule has 1 saturated carbocycles. The second-order valence-electron chi connectivity index (χ2n) is 7.50. The minimum Gasteiger partial charge on any atom is -0.481 e. The Morgan fingerprint density at radius 2 is 1.96 bits per heavy atom. The molecule has 0 aromatic heterocycles. The summed E-state index contributed by atoms with van der Waals surface area (Å²) >= 11 is 1.63. The van der Waals surface area contributed by atoms with E-state index < -0.39 is 12.0 Å². The molecule has 0 bridgehead atoms. The Balaban J connectivity index is 1.50. The lowest BCUT2D eigenvalue weighted by Crippen LogP contribution is -2.33. The van der Waals surface area contributed by atoms with Gasteiger partial charge in [-0.1, -0.05) is 36.4 Å². The highest BCUT2D eigenvalue weighted by atomic mass is 32.2. The van der Waals surface area contributed by atoms with E-state index in [1.165, 1.54) is 11.1 Å². The first kappa shape index (κ1) is 18.1. The Morgan fingerprint density at radius 3 is 2.67 bits per heavy atom. The van der Waals surface area contributed by atoms with Crippen LogP contribution in [0.2, 0.25) is 0 Å². The van der Waals surface area contributed by atoms with Crippen LogP contribution in [0.3, 0.4) is 0 Å². The van der Waals surface area contributed by atoms with Gasteiger partial charge in [-0.3, -0.25) is 9.59 Å². The molecule has 5 heteroatoms. The molecule has 0 aliphatic heterocycles. The van der Waals surface area contributed by atoms with Crippen LogP contribution in [0.15, 0.2) is 53.4 Å². The van der Waals surface area contributed by atoms with Gasteiger partial charge in [-0.15, -0.1) is 11.8 Å². The number of nitrogens with one attached hydrogen (secondary N) is 1. The lowest BCUT2D eigenvalue weighted by molar-refractivity contribution is -0.137. The summed E-state index contributed by atoms with van der Waals surface area (Å²) in [5.41, 5.74) is 3.47. The largest absolute Gasteiger partial charge is 0.481 e. The average Bonchev–Trinajstić information content (AvgIpc) is 3.30. The van der Waals surface area contributed by atoms with Crippen molar-refractivity contribution in [3.63, 3.8) is 0 Å². The molecule has 27 heavy (non-hydrogen) atoms. The summed E-state index contributed by atoms with van der Waals surface area (Å²) in [6.45, 7) is 0. The van der Waals surface area contributed by atoms with Crippen molar-refractivity contribution in [3.05, 3.63) is 65.2 Å². The van der Waals surface area contributed by atoms with Gasteiger partial charge in [-0.25, -0.2) is 0 Å². The van der Waals surface area contributed by atoms with Gasteiger partial charge < -0.3 is 10.4 Å². The van der Waals surface area contributed by atoms with E-state index >= 15 is 0 Å². The Hall–Kier alpha value is -2.27. The molecule has 1 spiro atoms. The SMILES string of the molecule is CSc1ccc(C(CC(=O)O)NC(=O)C2CC23CCc2ccccc23)cc1. The number of fused-ring (bicyclic) bond motifs is 2. The highest BCUT2D eigenvalue weighted by molar-refractivity contribution is 7.98. The van der Waals surface area contributed by atoms with E-state index in [0.29, 0.717) is 0 Å². The summed E-state index contributed by atoms with van der Waals surface area (Å²) in [7, 11) is 0. The minimum absolute atomic E-state index is 0.0214. The molecular weight excluding hydrogens is 358 g/mol. The van der Waals surface area contributed by atoms with E-state index in [9.17, 15) is 14.7 Å². The fraction of sp³-hybridized carbons (Fsp3) is 0.364. The third-order valence-corrected chi connectivity index (χ3v) is 6.74. The third-order valence-electron chi connectivity index (χ3n) is 6.00. The number of hydrogen-bond acceptors (Lipinski definition) is 3. The van der Waals surface area contributed by atoms with Crippen molar-refractivity contribution in [2.75, 3.05) is 6.26 Å². The number of thioether (sulfide) groups is 1. The predicted molar refractivity (Wildman–Crippen MR) is 106 cm³/mol. The van der Waals surface area contributed by atoms with Crippen molar-refractivity contribution in [2.45, 2.75) is 42.0 Å². The third kappa shape index (κ3) is 3.36. The number of hydrogen-bond donors (Lipinski definition) is 2. The molecule has 0 saturated heterocycles. The van der Waals surface area contributed by atoms with Crippen LogP contribution in [0.5, 0.6) is 0 Å². The van der Waals surface area contributed by atoms with Crippen molar-refractivity contribution >= 4 is 23.6 Å². The van der Waals surface area contributed by atoms with Crippen LogP contribution >= 0.6 is 11.8 Å². The van der Waals surface area contributed by atoms with Gasteiger partial charge in [0.2, 0.25) is 5.91 Å². The summed E-state index contributed by atoms with van der Waals surface area (Å²) in [5.74, 6) is -0.985. The summed E-state index contributed by atoms with van der Waals surface area (Å²) in [6.07, 6.45) is 4.78.